The summed E-state index contributed by atoms with van der Waals surface area (Å²) < 4.78 is 17.1. The molecule has 0 spiro atoms. The van der Waals surface area contributed by atoms with Crippen molar-refractivity contribution in [2.75, 3.05) is 21.3 Å². The number of nitrogens with two attached hydrogens (primary N) is 1. The summed E-state index contributed by atoms with van der Waals surface area (Å²) in [5.41, 5.74) is 6.28. The van der Waals surface area contributed by atoms with Crippen molar-refractivity contribution in [1.29, 1.82) is 0 Å². The van der Waals surface area contributed by atoms with Crippen LogP contribution in [0.25, 0.3) is 0 Å². The van der Waals surface area contributed by atoms with Gasteiger partial charge in [-0.05, 0) is 19.8 Å². The number of rotatable bonds is 5. The fourth-order valence-corrected chi connectivity index (χ4v) is 6.50. The van der Waals surface area contributed by atoms with Gasteiger partial charge in [-0.2, -0.15) is 0 Å². The van der Waals surface area contributed by atoms with Crippen LogP contribution in [0.5, 0.6) is 0 Å². The lowest BCUT2D eigenvalue weighted by molar-refractivity contribution is 0.0765. The zero-order valence-electron chi connectivity index (χ0n) is 11.6. The van der Waals surface area contributed by atoms with E-state index in [1.54, 1.807) is 21.3 Å². The molecule has 1 aliphatic carbocycles. The predicted octanol–water partition coefficient (Wildman–Crippen LogP) is 2.31. The smallest absolute Gasteiger partial charge is 0.376 e. The second kappa shape index (κ2) is 6.29. The molecule has 1 atom stereocenters. The lowest BCUT2D eigenvalue weighted by Crippen LogP contribution is -2.60. The molecule has 1 fully saturated rings. The molecular formula is C12H27NO3Si. The van der Waals surface area contributed by atoms with Crippen molar-refractivity contribution in [3.63, 3.8) is 0 Å². The van der Waals surface area contributed by atoms with E-state index in [1.165, 1.54) is 25.7 Å². The van der Waals surface area contributed by atoms with Crippen molar-refractivity contribution >= 4 is 8.80 Å². The van der Waals surface area contributed by atoms with E-state index in [0.717, 1.165) is 12.8 Å². The van der Waals surface area contributed by atoms with E-state index in [1.807, 2.05) is 0 Å². The first kappa shape index (κ1) is 15.1. The third-order valence-electron chi connectivity index (χ3n) is 4.28. The van der Waals surface area contributed by atoms with E-state index in [4.69, 9.17) is 19.0 Å². The van der Waals surface area contributed by atoms with Crippen molar-refractivity contribution in [3.05, 3.63) is 0 Å². The maximum absolute atomic E-state index is 6.28. The second-order valence-corrected chi connectivity index (χ2v) is 8.36. The zero-order chi connectivity index (χ0) is 12.9. The van der Waals surface area contributed by atoms with E-state index >= 15 is 0 Å². The minimum absolute atomic E-state index is 0.0344. The highest BCUT2D eigenvalue weighted by Crippen LogP contribution is 2.52. The Morgan fingerprint density at radius 2 is 1.35 bits per heavy atom. The monoisotopic (exact) mass is 261 g/mol. The van der Waals surface area contributed by atoms with Gasteiger partial charge < -0.3 is 19.0 Å². The Morgan fingerprint density at radius 3 is 1.65 bits per heavy atom. The largest absolute Gasteiger partial charge is 0.508 e. The Balaban J connectivity index is 3.10. The lowest BCUT2D eigenvalue weighted by Gasteiger charge is -2.46. The quantitative estimate of drug-likeness (QED) is 0.609. The van der Waals surface area contributed by atoms with Gasteiger partial charge >= 0.3 is 8.80 Å². The van der Waals surface area contributed by atoms with Gasteiger partial charge in [0.1, 0.15) is 0 Å². The van der Waals surface area contributed by atoms with Gasteiger partial charge in [0.15, 0.2) is 0 Å². The Morgan fingerprint density at radius 1 is 0.941 bits per heavy atom. The maximum atomic E-state index is 6.28. The van der Waals surface area contributed by atoms with Gasteiger partial charge in [-0.3, -0.25) is 0 Å². The summed E-state index contributed by atoms with van der Waals surface area (Å²) in [6.45, 7) is 2.06. The number of hydrogen-bond acceptors (Lipinski definition) is 4. The second-order valence-electron chi connectivity index (χ2n) is 5.03. The SMILES string of the molecule is CO[Si](OC)(OC)C1(C(C)N)CCCCCC1. The minimum Gasteiger partial charge on any atom is -0.376 e. The molecule has 0 bridgehead atoms. The van der Waals surface area contributed by atoms with Crippen molar-refractivity contribution < 1.29 is 13.3 Å². The van der Waals surface area contributed by atoms with Crippen LogP contribution in [-0.4, -0.2) is 36.2 Å². The van der Waals surface area contributed by atoms with Gasteiger partial charge in [0.25, 0.3) is 0 Å². The molecule has 1 aliphatic rings. The molecule has 0 saturated heterocycles. The molecule has 0 heterocycles. The van der Waals surface area contributed by atoms with E-state index in [-0.39, 0.29) is 11.1 Å². The van der Waals surface area contributed by atoms with Crippen LogP contribution in [-0.2, 0) is 13.3 Å². The van der Waals surface area contributed by atoms with Crippen LogP contribution in [0.15, 0.2) is 0 Å². The Bertz CT molecular complexity index is 216. The highest BCUT2D eigenvalue weighted by atomic mass is 28.4. The summed E-state index contributed by atoms with van der Waals surface area (Å²) >= 11 is 0. The Hall–Kier alpha value is 0.0569. The van der Waals surface area contributed by atoms with Crippen LogP contribution in [0, 0.1) is 0 Å². The fourth-order valence-electron chi connectivity index (χ4n) is 3.26. The van der Waals surface area contributed by atoms with Crippen molar-refractivity contribution in [3.8, 4) is 0 Å². The topological polar surface area (TPSA) is 53.7 Å². The normalized spacial score (nSPS) is 23.1. The highest BCUT2D eigenvalue weighted by molar-refractivity contribution is 6.64. The summed E-state index contributed by atoms with van der Waals surface area (Å²) in [5, 5.41) is -0.123. The first-order valence-electron chi connectivity index (χ1n) is 6.49. The van der Waals surface area contributed by atoms with Crippen LogP contribution in [0.2, 0.25) is 5.04 Å². The highest BCUT2D eigenvalue weighted by Gasteiger charge is 2.61. The third kappa shape index (κ3) is 2.58. The molecule has 0 radical (unpaired) electrons. The van der Waals surface area contributed by atoms with Crippen LogP contribution in [0.4, 0.5) is 0 Å². The Kier molecular flexibility index (Phi) is 5.59. The van der Waals surface area contributed by atoms with E-state index in [2.05, 4.69) is 6.92 Å². The van der Waals surface area contributed by atoms with Gasteiger partial charge in [0.2, 0.25) is 0 Å². The molecule has 5 heteroatoms. The molecule has 0 aromatic carbocycles. The van der Waals surface area contributed by atoms with Crippen LogP contribution >= 0.6 is 0 Å². The molecule has 0 aromatic heterocycles. The van der Waals surface area contributed by atoms with Gasteiger partial charge in [0.05, 0.1) is 5.04 Å². The summed E-state index contributed by atoms with van der Waals surface area (Å²) in [5.74, 6) is 0. The molecule has 1 unspecified atom stereocenters. The van der Waals surface area contributed by atoms with Crippen LogP contribution in [0.1, 0.15) is 45.4 Å². The van der Waals surface area contributed by atoms with Gasteiger partial charge in [0, 0.05) is 27.4 Å². The average molecular weight is 261 g/mol. The van der Waals surface area contributed by atoms with E-state index in [0.29, 0.717) is 0 Å². The van der Waals surface area contributed by atoms with Gasteiger partial charge in [-0.1, -0.05) is 25.7 Å². The van der Waals surface area contributed by atoms with Gasteiger partial charge in [-0.15, -0.1) is 0 Å². The molecule has 4 nitrogen and oxygen atoms in total. The molecule has 2 N–H and O–H groups in total. The number of hydrogen-bond donors (Lipinski definition) is 1. The molecule has 102 valence electrons. The van der Waals surface area contributed by atoms with Crippen LogP contribution in [0.3, 0.4) is 0 Å². The van der Waals surface area contributed by atoms with Gasteiger partial charge in [-0.25, -0.2) is 0 Å². The lowest BCUT2D eigenvalue weighted by atomic mass is 9.92. The van der Waals surface area contributed by atoms with E-state index < -0.39 is 8.80 Å². The summed E-state index contributed by atoms with van der Waals surface area (Å²) in [7, 11) is 2.38. The molecule has 17 heavy (non-hydrogen) atoms. The molecule has 0 aliphatic heterocycles. The standard InChI is InChI=1S/C12H27NO3Si/c1-11(13)12(9-7-5-6-8-10-12)17(14-2,15-3)16-4/h11H,5-10,13H2,1-4H3. The fraction of sp³-hybridized carbons (Fsp3) is 1.00. The Labute approximate surface area is 106 Å². The average Bonchev–Trinajstić information content (AvgIpc) is 2.59. The summed E-state index contributed by atoms with van der Waals surface area (Å²) in [6, 6.07) is 0.0344. The molecule has 0 aromatic rings. The summed E-state index contributed by atoms with van der Waals surface area (Å²) in [6.07, 6.45) is 7.02. The zero-order valence-corrected chi connectivity index (χ0v) is 12.6. The van der Waals surface area contributed by atoms with Crippen LogP contribution < -0.4 is 5.73 Å². The molecule has 1 saturated carbocycles. The molecule has 0 amide bonds. The first-order valence-corrected chi connectivity index (χ1v) is 8.22. The molecular weight excluding hydrogens is 234 g/mol. The van der Waals surface area contributed by atoms with Crippen molar-refractivity contribution in [2.45, 2.75) is 56.5 Å². The third-order valence-corrected chi connectivity index (χ3v) is 8.07. The van der Waals surface area contributed by atoms with Crippen molar-refractivity contribution in [1.82, 2.24) is 0 Å². The predicted molar refractivity (Wildman–Crippen MR) is 70.8 cm³/mol. The van der Waals surface area contributed by atoms with Crippen molar-refractivity contribution in [2.24, 2.45) is 5.73 Å². The summed E-state index contributed by atoms with van der Waals surface area (Å²) in [4.78, 5) is 0. The first-order chi connectivity index (χ1) is 8.08. The van der Waals surface area contributed by atoms with E-state index in [9.17, 15) is 0 Å². The maximum Gasteiger partial charge on any atom is 0.508 e. The molecule has 1 rings (SSSR count). The minimum atomic E-state index is -2.69.